The SMILES string of the molecule is C[C@@H](Oc1ccc(F)cc1)[C@H](O)CCN(C)C. The molecule has 0 aliphatic heterocycles. The van der Waals surface area contributed by atoms with Crippen LogP contribution in [0.3, 0.4) is 0 Å². The summed E-state index contributed by atoms with van der Waals surface area (Å²) in [6.45, 7) is 2.61. The summed E-state index contributed by atoms with van der Waals surface area (Å²) >= 11 is 0. The minimum atomic E-state index is -0.526. The zero-order valence-corrected chi connectivity index (χ0v) is 10.6. The Balaban J connectivity index is 2.42. The zero-order valence-electron chi connectivity index (χ0n) is 10.6. The van der Waals surface area contributed by atoms with E-state index in [9.17, 15) is 9.50 Å². The lowest BCUT2D eigenvalue weighted by Gasteiger charge is -2.21. The quantitative estimate of drug-likeness (QED) is 0.825. The number of ether oxygens (including phenoxy) is 1. The number of halogens is 1. The second-order valence-corrected chi connectivity index (χ2v) is 4.44. The molecule has 0 saturated heterocycles. The first-order valence-corrected chi connectivity index (χ1v) is 5.74. The molecule has 0 spiro atoms. The molecule has 1 aromatic rings. The predicted octanol–water partition coefficient (Wildman–Crippen LogP) is 1.91. The fourth-order valence-electron chi connectivity index (χ4n) is 1.43. The van der Waals surface area contributed by atoms with Crippen LogP contribution < -0.4 is 4.74 Å². The van der Waals surface area contributed by atoms with Crippen LogP contribution in [-0.4, -0.2) is 42.9 Å². The average Bonchev–Trinajstić information content (AvgIpc) is 2.28. The fraction of sp³-hybridized carbons (Fsp3) is 0.538. The molecule has 17 heavy (non-hydrogen) atoms. The van der Waals surface area contributed by atoms with Crippen LogP contribution in [0.25, 0.3) is 0 Å². The third-order valence-corrected chi connectivity index (χ3v) is 2.55. The van der Waals surface area contributed by atoms with Gasteiger partial charge in [0.15, 0.2) is 0 Å². The van der Waals surface area contributed by atoms with Gasteiger partial charge in [-0.3, -0.25) is 0 Å². The molecule has 2 atom stereocenters. The zero-order chi connectivity index (χ0) is 12.8. The van der Waals surface area contributed by atoms with Crippen molar-refractivity contribution in [1.82, 2.24) is 4.90 Å². The predicted molar refractivity (Wildman–Crippen MR) is 65.7 cm³/mol. The maximum Gasteiger partial charge on any atom is 0.123 e. The maximum absolute atomic E-state index is 12.7. The first kappa shape index (κ1) is 13.9. The topological polar surface area (TPSA) is 32.7 Å². The second-order valence-electron chi connectivity index (χ2n) is 4.44. The molecule has 1 rings (SSSR count). The van der Waals surface area contributed by atoms with Gasteiger partial charge in [-0.15, -0.1) is 0 Å². The van der Waals surface area contributed by atoms with E-state index in [0.29, 0.717) is 12.2 Å². The minimum Gasteiger partial charge on any atom is -0.488 e. The summed E-state index contributed by atoms with van der Waals surface area (Å²) in [5.74, 6) is 0.279. The van der Waals surface area contributed by atoms with Crippen molar-refractivity contribution >= 4 is 0 Å². The first-order chi connectivity index (χ1) is 7.99. The van der Waals surface area contributed by atoms with Crippen molar-refractivity contribution in [3.63, 3.8) is 0 Å². The third-order valence-electron chi connectivity index (χ3n) is 2.55. The van der Waals surface area contributed by atoms with Crippen LogP contribution in [0.2, 0.25) is 0 Å². The Morgan fingerprint density at radius 2 is 1.88 bits per heavy atom. The molecule has 0 aliphatic carbocycles. The molecule has 0 unspecified atom stereocenters. The Morgan fingerprint density at radius 1 is 1.29 bits per heavy atom. The molecular formula is C13H20FNO2. The Morgan fingerprint density at radius 3 is 2.41 bits per heavy atom. The molecule has 1 aromatic carbocycles. The molecule has 4 heteroatoms. The monoisotopic (exact) mass is 241 g/mol. The summed E-state index contributed by atoms with van der Waals surface area (Å²) in [6, 6.07) is 5.80. The van der Waals surface area contributed by atoms with Crippen LogP contribution in [0.15, 0.2) is 24.3 Å². The summed E-state index contributed by atoms with van der Waals surface area (Å²) in [5, 5.41) is 9.86. The molecule has 0 amide bonds. The lowest BCUT2D eigenvalue weighted by molar-refractivity contribution is 0.0373. The van der Waals surface area contributed by atoms with Gasteiger partial charge >= 0.3 is 0 Å². The molecule has 0 aliphatic rings. The number of nitrogens with zero attached hydrogens (tertiary/aromatic N) is 1. The van der Waals surface area contributed by atoms with Gasteiger partial charge in [-0.25, -0.2) is 4.39 Å². The Bertz CT molecular complexity index is 327. The van der Waals surface area contributed by atoms with Crippen molar-refractivity contribution in [2.45, 2.75) is 25.6 Å². The smallest absolute Gasteiger partial charge is 0.123 e. The molecule has 0 radical (unpaired) electrons. The van der Waals surface area contributed by atoms with Gasteiger partial charge in [0, 0.05) is 6.54 Å². The van der Waals surface area contributed by atoms with Crippen LogP contribution in [0, 0.1) is 5.82 Å². The highest BCUT2D eigenvalue weighted by molar-refractivity contribution is 5.22. The lowest BCUT2D eigenvalue weighted by atomic mass is 10.1. The van der Waals surface area contributed by atoms with Gasteiger partial charge in [-0.1, -0.05) is 0 Å². The normalized spacial score (nSPS) is 14.7. The summed E-state index contributed by atoms with van der Waals surface area (Å²) in [4.78, 5) is 2.01. The standard InChI is InChI=1S/C13H20FNO2/c1-10(13(16)8-9-15(2)3)17-12-6-4-11(14)5-7-12/h4-7,10,13,16H,8-9H2,1-3H3/t10-,13-/m1/s1. The van der Waals surface area contributed by atoms with E-state index in [1.165, 1.54) is 12.1 Å². The molecule has 0 heterocycles. The van der Waals surface area contributed by atoms with E-state index in [2.05, 4.69) is 0 Å². The number of hydrogen-bond donors (Lipinski definition) is 1. The van der Waals surface area contributed by atoms with Crippen LogP contribution >= 0.6 is 0 Å². The van der Waals surface area contributed by atoms with E-state index in [4.69, 9.17) is 4.74 Å². The van der Waals surface area contributed by atoms with Crippen LogP contribution in [-0.2, 0) is 0 Å². The van der Waals surface area contributed by atoms with Crippen LogP contribution in [0.4, 0.5) is 4.39 Å². The van der Waals surface area contributed by atoms with Crippen molar-refractivity contribution in [1.29, 1.82) is 0 Å². The van der Waals surface area contributed by atoms with Gasteiger partial charge in [-0.2, -0.15) is 0 Å². The van der Waals surface area contributed by atoms with Crippen LogP contribution in [0.5, 0.6) is 5.75 Å². The Labute approximate surface area is 102 Å². The van der Waals surface area contributed by atoms with Gasteiger partial charge in [0.2, 0.25) is 0 Å². The molecule has 96 valence electrons. The minimum absolute atomic E-state index is 0.293. The largest absolute Gasteiger partial charge is 0.488 e. The summed E-state index contributed by atoms with van der Waals surface area (Å²) in [5.41, 5.74) is 0. The van der Waals surface area contributed by atoms with E-state index < -0.39 is 6.10 Å². The van der Waals surface area contributed by atoms with Crippen LogP contribution in [0.1, 0.15) is 13.3 Å². The maximum atomic E-state index is 12.7. The first-order valence-electron chi connectivity index (χ1n) is 5.74. The number of aliphatic hydroxyl groups is 1. The van der Waals surface area contributed by atoms with Crippen molar-refractivity contribution in [3.8, 4) is 5.75 Å². The van der Waals surface area contributed by atoms with Gasteiger partial charge in [0.1, 0.15) is 17.7 Å². The van der Waals surface area contributed by atoms with E-state index in [1.54, 1.807) is 12.1 Å². The highest BCUT2D eigenvalue weighted by atomic mass is 19.1. The fourth-order valence-corrected chi connectivity index (χ4v) is 1.43. The van der Waals surface area contributed by atoms with Gasteiger partial charge in [-0.05, 0) is 51.7 Å². The molecule has 0 aromatic heterocycles. The summed E-state index contributed by atoms with van der Waals surface area (Å²) in [6.07, 6.45) is -0.183. The van der Waals surface area contributed by atoms with Crippen molar-refractivity contribution < 1.29 is 14.2 Å². The molecular weight excluding hydrogens is 221 g/mol. The number of benzene rings is 1. The number of aliphatic hydroxyl groups excluding tert-OH is 1. The third kappa shape index (κ3) is 5.15. The van der Waals surface area contributed by atoms with Crippen molar-refractivity contribution in [3.05, 3.63) is 30.1 Å². The average molecular weight is 241 g/mol. The molecule has 1 N–H and O–H groups in total. The van der Waals surface area contributed by atoms with E-state index in [-0.39, 0.29) is 11.9 Å². The van der Waals surface area contributed by atoms with Crippen molar-refractivity contribution in [2.24, 2.45) is 0 Å². The summed E-state index contributed by atoms with van der Waals surface area (Å²) < 4.78 is 18.2. The van der Waals surface area contributed by atoms with E-state index in [1.807, 2.05) is 25.9 Å². The molecule has 0 saturated carbocycles. The summed E-state index contributed by atoms with van der Waals surface area (Å²) in [7, 11) is 3.91. The van der Waals surface area contributed by atoms with Gasteiger partial charge in [0.25, 0.3) is 0 Å². The number of hydrogen-bond acceptors (Lipinski definition) is 3. The van der Waals surface area contributed by atoms with Crippen molar-refractivity contribution in [2.75, 3.05) is 20.6 Å². The van der Waals surface area contributed by atoms with Gasteiger partial charge < -0.3 is 14.7 Å². The van der Waals surface area contributed by atoms with Gasteiger partial charge in [0.05, 0.1) is 6.10 Å². The highest BCUT2D eigenvalue weighted by Gasteiger charge is 2.15. The molecule has 0 bridgehead atoms. The second kappa shape index (κ2) is 6.57. The molecule has 3 nitrogen and oxygen atoms in total. The lowest BCUT2D eigenvalue weighted by Crippen LogP contribution is -2.31. The number of rotatable bonds is 6. The Kier molecular flexibility index (Phi) is 5.38. The molecule has 0 fully saturated rings. The van der Waals surface area contributed by atoms with E-state index >= 15 is 0 Å². The highest BCUT2D eigenvalue weighted by Crippen LogP contribution is 2.15. The Hall–Kier alpha value is -1.13. The van der Waals surface area contributed by atoms with E-state index in [0.717, 1.165) is 6.54 Å².